The highest BCUT2D eigenvalue weighted by atomic mass is 32.1. The quantitative estimate of drug-likeness (QED) is 0.620. The van der Waals surface area contributed by atoms with Crippen LogP contribution in [0, 0.1) is 0 Å². The highest BCUT2D eigenvalue weighted by molar-refractivity contribution is 7.17. The Morgan fingerprint density at radius 3 is 3.27 bits per heavy atom. The van der Waals surface area contributed by atoms with Gasteiger partial charge in [0, 0.05) is 13.0 Å². The van der Waals surface area contributed by atoms with Crippen LogP contribution >= 0.6 is 11.3 Å². The number of hydrogen-bond donors (Lipinski definition) is 1. The number of carbonyl (C=O) groups is 1. The standard InChI is InChI=1S/C10H11N3OS/c14-5-2-1-4-11-10-9-8(3-6-15-9)12-7-13-10/h3,5-7H,1-2,4H2,(H,11,12,13). The molecule has 4 nitrogen and oxygen atoms in total. The van der Waals surface area contributed by atoms with E-state index in [1.54, 1.807) is 17.7 Å². The molecule has 15 heavy (non-hydrogen) atoms. The third kappa shape index (κ3) is 2.30. The van der Waals surface area contributed by atoms with Crippen molar-refractivity contribution in [2.45, 2.75) is 12.8 Å². The van der Waals surface area contributed by atoms with E-state index in [1.165, 1.54) is 0 Å². The van der Waals surface area contributed by atoms with Crippen LogP contribution in [-0.2, 0) is 4.79 Å². The summed E-state index contributed by atoms with van der Waals surface area (Å²) in [6.45, 7) is 0.767. The third-order valence-corrected chi connectivity index (χ3v) is 2.94. The van der Waals surface area contributed by atoms with Gasteiger partial charge in [0.2, 0.25) is 0 Å². The number of fused-ring (bicyclic) bond motifs is 1. The summed E-state index contributed by atoms with van der Waals surface area (Å²) in [5.74, 6) is 0.862. The molecule has 2 rings (SSSR count). The number of rotatable bonds is 5. The van der Waals surface area contributed by atoms with Gasteiger partial charge in [0.1, 0.15) is 18.4 Å². The molecule has 0 spiro atoms. The van der Waals surface area contributed by atoms with Crippen molar-refractivity contribution in [3.8, 4) is 0 Å². The van der Waals surface area contributed by atoms with E-state index in [0.29, 0.717) is 6.42 Å². The molecule has 0 bridgehead atoms. The molecule has 0 aliphatic rings. The zero-order chi connectivity index (χ0) is 10.5. The van der Waals surface area contributed by atoms with Gasteiger partial charge in [-0.1, -0.05) is 0 Å². The molecule has 0 aliphatic carbocycles. The van der Waals surface area contributed by atoms with E-state index in [2.05, 4.69) is 15.3 Å². The number of nitrogens with zero attached hydrogens (tertiary/aromatic N) is 2. The van der Waals surface area contributed by atoms with E-state index in [9.17, 15) is 4.79 Å². The van der Waals surface area contributed by atoms with Crippen LogP contribution in [-0.4, -0.2) is 22.8 Å². The summed E-state index contributed by atoms with van der Waals surface area (Å²) in [5, 5.41) is 5.20. The summed E-state index contributed by atoms with van der Waals surface area (Å²) in [4.78, 5) is 18.5. The lowest BCUT2D eigenvalue weighted by atomic mass is 10.3. The fourth-order valence-electron chi connectivity index (χ4n) is 1.31. The summed E-state index contributed by atoms with van der Waals surface area (Å²) in [7, 11) is 0. The van der Waals surface area contributed by atoms with Crippen molar-refractivity contribution in [2.75, 3.05) is 11.9 Å². The topological polar surface area (TPSA) is 54.9 Å². The van der Waals surface area contributed by atoms with Gasteiger partial charge >= 0.3 is 0 Å². The van der Waals surface area contributed by atoms with Gasteiger partial charge in [-0.2, -0.15) is 0 Å². The molecule has 0 aromatic carbocycles. The van der Waals surface area contributed by atoms with Gasteiger partial charge in [0.15, 0.2) is 0 Å². The molecule has 0 radical (unpaired) electrons. The number of hydrogen-bond acceptors (Lipinski definition) is 5. The van der Waals surface area contributed by atoms with Gasteiger partial charge in [0.25, 0.3) is 0 Å². The summed E-state index contributed by atoms with van der Waals surface area (Å²) >= 11 is 1.62. The van der Waals surface area contributed by atoms with Crippen LogP contribution in [0.5, 0.6) is 0 Å². The van der Waals surface area contributed by atoms with E-state index in [-0.39, 0.29) is 0 Å². The van der Waals surface area contributed by atoms with E-state index in [1.807, 2.05) is 11.4 Å². The molecule has 0 saturated heterocycles. The van der Waals surface area contributed by atoms with E-state index < -0.39 is 0 Å². The molecule has 5 heteroatoms. The number of anilines is 1. The van der Waals surface area contributed by atoms with Crippen LogP contribution in [0.25, 0.3) is 10.2 Å². The average molecular weight is 221 g/mol. The Morgan fingerprint density at radius 1 is 1.47 bits per heavy atom. The number of thiophene rings is 1. The smallest absolute Gasteiger partial charge is 0.147 e. The minimum absolute atomic E-state index is 0.589. The van der Waals surface area contributed by atoms with Crippen LogP contribution in [0.2, 0.25) is 0 Å². The molecule has 0 aliphatic heterocycles. The zero-order valence-electron chi connectivity index (χ0n) is 8.14. The van der Waals surface area contributed by atoms with Gasteiger partial charge < -0.3 is 10.1 Å². The highest BCUT2D eigenvalue weighted by Gasteiger charge is 2.03. The van der Waals surface area contributed by atoms with Crippen LogP contribution in [0.1, 0.15) is 12.8 Å². The predicted molar refractivity (Wildman–Crippen MR) is 61.2 cm³/mol. The molecule has 2 heterocycles. The van der Waals surface area contributed by atoms with E-state index in [4.69, 9.17) is 0 Å². The van der Waals surface area contributed by atoms with Crippen molar-refractivity contribution >= 4 is 33.7 Å². The van der Waals surface area contributed by atoms with Gasteiger partial charge in [-0.3, -0.25) is 0 Å². The second-order valence-corrected chi connectivity index (χ2v) is 4.01. The Kier molecular flexibility index (Phi) is 3.24. The minimum Gasteiger partial charge on any atom is -0.369 e. The first-order chi connectivity index (χ1) is 7.42. The second kappa shape index (κ2) is 4.84. The van der Waals surface area contributed by atoms with Crippen molar-refractivity contribution in [3.05, 3.63) is 17.8 Å². The van der Waals surface area contributed by atoms with Gasteiger partial charge in [-0.05, 0) is 17.9 Å². The van der Waals surface area contributed by atoms with Gasteiger partial charge in [-0.25, -0.2) is 9.97 Å². The molecule has 2 aromatic heterocycles. The summed E-state index contributed by atoms with van der Waals surface area (Å²) in [6, 6.07) is 1.97. The summed E-state index contributed by atoms with van der Waals surface area (Å²) in [5.41, 5.74) is 0.966. The lowest BCUT2D eigenvalue weighted by Crippen LogP contribution is -2.03. The zero-order valence-corrected chi connectivity index (χ0v) is 8.96. The van der Waals surface area contributed by atoms with Gasteiger partial charge in [0.05, 0.1) is 10.2 Å². The number of nitrogens with one attached hydrogen (secondary N) is 1. The predicted octanol–water partition coefficient (Wildman–Crippen LogP) is 2.08. The Morgan fingerprint density at radius 2 is 2.40 bits per heavy atom. The highest BCUT2D eigenvalue weighted by Crippen LogP contribution is 2.24. The first kappa shape index (κ1) is 10.0. The van der Waals surface area contributed by atoms with Crippen LogP contribution in [0.4, 0.5) is 5.82 Å². The molecule has 0 fully saturated rings. The minimum atomic E-state index is 0.589. The van der Waals surface area contributed by atoms with Crippen molar-refractivity contribution < 1.29 is 4.79 Å². The molecular weight excluding hydrogens is 210 g/mol. The normalized spacial score (nSPS) is 10.4. The van der Waals surface area contributed by atoms with E-state index in [0.717, 1.165) is 35.3 Å². The molecule has 1 N–H and O–H groups in total. The number of aromatic nitrogens is 2. The van der Waals surface area contributed by atoms with Crippen LogP contribution in [0.3, 0.4) is 0 Å². The molecule has 0 unspecified atom stereocenters. The average Bonchev–Trinajstić information content (AvgIpc) is 2.73. The molecular formula is C10H11N3OS. The fraction of sp³-hybridized carbons (Fsp3) is 0.300. The SMILES string of the molecule is O=CCCCNc1ncnc2ccsc12. The van der Waals surface area contributed by atoms with Crippen LogP contribution < -0.4 is 5.32 Å². The van der Waals surface area contributed by atoms with Crippen LogP contribution in [0.15, 0.2) is 17.8 Å². The molecule has 0 atom stereocenters. The molecule has 0 saturated carbocycles. The molecule has 2 aromatic rings. The fourth-order valence-corrected chi connectivity index (χ4v) is 2.12. The maximum Gasteiger partial charge on any atom is 0.147 e. The van der Waals surface area contributed by atoms with Crippen molar-refractivity contribution in [3.63, 3.8) is 0 Å². The monoisotopic (exact) mass is 221 g/mol. The third-order valence-electron chi connectivity index (χ3n) is 2.03. The lowest BCUT2D eigenvalue weighted by molar-refractivity contribution is -0.107. The molecule has 78 valence electrons. The first-order valence-corrected chi connectivity index (χ1v) is 5.65. The van der Waals surface area contributed by atoms with Crippen molar-refractivity contribution in [2.24, 2.45) is 0 Å². The summed E-state index contributed by atoms with van der Waals surface area (Å²) < 4.78 is 1.07. The largest absolute Gasteiger partial charge is 0.369 e. The maximum atomic E-state index is 10.1. The Balaban J connectivity index is 2.07. The number of aldehydes is 1. The second-order valence-electron chi connectivity index (χ2n) is 3.09. The lowest BCUT2D eigenvalue weighted by Gasteiger charge is -2.03. The first-order valence-electron chi connectivity index (χ1n) is 4.77. The Labute approximate surface area is 91.4 Å². The van der Waals surface area contributed by atoms with E-state index >= 15 is 0 Å². The maximum absolute atomic E-state index is 10.1. The molecule has 0 amide bonds. The number of carbonyl (C=O) groups excluding carboxylic acids is 1. The van der Waals surface area contributed by atoms with Crippen molar-refractivity contribution in [1.82, 2.24) is 9.97 Å². The van der Waals surface area contributed by atoms with Crippen molar-refractivity contribution in [1.29, 1.82) is 0 Å². The summed E-state index contributed by atoms with van der Waals surface area (Å²) in [6.07, 6.45) is 3.91. The van der Waals surface area contributed by atoms with Gasteiger partial charge in [-0.15, -0.1) is 11.3 Å². The Hall–Kier alpha value is -1.49. The Bertz CT molecular complexity index is 455. The number of unbranched alkanes of at least 4 members (excludes halogenated alkanes) is 1.